The topological polar surface area (TPSA) is 30.2 Å². The molecule has 1 aliphatic rings. The van der Waals surface area contributed by atoms with Gasteiger partial charge in [-0.1, -0.05) is 65.7 Å². The number of benzene rings is 3. The van der Waals surface area contributed by atoms with Crippen LogP contribution in [0.5, 0.6) is 0 Å². The third kappa shape index (κ3) is 2.82. The average Bonchev–Trinajstić information content (AvgIpc) is 3.25. The lowest BCUT2D eigenvalue weighted by Gasteiger charge is -2.06. The van der Waals surface area contributed by atoms with Crippen LogP contribution < -0.4 is 0 Å². The number of imidazole rings is 1. The minimum absolute atomic E-state index is 0.978. The van der Waals surface area contributed by atoms with Crippen LogP contribution in [0.3, 0.4) is 0 Å². The number of allylic oxidation sites excluding steroid dienone is 2. The van der Waals surface area contributed by atoms with Crippen molar-refractivity contribution in [1.29, 1.82) is 0 Å². The van der Waals surface area contributed by atoms with Gasteiger partial charge in [-0.05, 0) is 32.9 Å². The maximum Gasteiger partial charge on any atom is 0.140 e. The molecule has 4 aromatic rings. The van der Waals surface area contributed by atoms with Crippen molar-refractivity contribution in [3.05, 3.63) is 89.0 Å². The SMILES string of the molecule is C/C=C1/C(c2ccc(C)cc2)=Nc2cc3nc(-c4ccc(C)cc4)n(C)c3cc21. The number of rotatable bonds is 2. The number of fused-ring (bicyclic) bond motifs is 2. The zero-order chi connectivity index (χ0) is 20.1. The Balaban J connectivity index is 1.66. The van der Waals surface area contributed by atoms with Gasteiger partial charge in [-0.2, -0.15) is 0 Å². The molecule has 0 saturated heterocycles. The lowest BCUT2D eigenvalue weighted by atomic mass is 9.97. The minimum Gasteiger partial charge on any atom is -0.327 e. The molecular weight excluding hydrogens is 354 g/mol. The predicted molar refractivity (Wildman–Crippen MR) is 122 cm³/mol. The van der Waals surface area contributed by atoms with Gasteiger partial charge in [0.15, 0.2) is 0 Å². The van der Waals surface area contributed by atoms with Gasteiger partial charge in [-0.3, -0.25) is 0 Å². The quantitative estimate of drug-likeness (QED) is 0.398. The highest BCUT2D eigenvalue weighted by Crippen LogP contribution is 2.40. The molecular formula is C26H23N3. The van der Waals surface area contributed by atoms with E-state index in [1.165, 1.54) is 22.3 Å². The highest BCUT2D eigenvalue weighted by Gasteiger charge is 2.24. The molecule has 2 heterocycles. The Morgan fingerprint density at radius 1 is 0.828 bits per heavy atom. The van der Waals surface area contributed by atoms with Gasteiger partial charge in [0.25, 0.3) is 0 Å². The van der Waals surface area contributed by atoms with Crippen LogP contribution in [0, 0.1) is 13.8 Å². The summed E-state index contributed by atoms with van der Waals surface area (Å²) in [5.74, 6) is 0.980. The first kappa shape index (κ1) is 17.6. The van der Waals surface area contributed by atoms with E-state index in [9.17, 15) is 0 Å². The van der Waals surface area contributed by atoms with E-state index in [2.05, 4.69) is 99.1 Å². The first-order valence-electron chi connectivity index (χ1n) is 9.95. The van der Waals surface area contributed by atoms with E-state index in [0.29, 0.717) is 0 Å². The molecule has 3 nitrogen and oxygen atoms in total. The van der Waals surface area contributed by atoms with Crippen molar-refractivity contribution in [3.8, 4) is 11.4 Å². The van der Waals surface area contributed by atoms with Crippen LogP contribution in [0.25, 0.3) is 28.0 Å². The molecule has 1 aliphatic heterocycles. The summed E-state index contributed by atoms with van der Waals surface area (Å²) in [5, 5.41) is 0. The third-order valence-corrected chi connectivity index (χ3v) is 5.70. The normalized spacial score (nSPS) is 14.5. The Bertz CT molecular complexity index is 1300. The fraction of sp³-hybridized carbons (Fsp3) is 0.154. The second-order valence-corrected chi connectivity index (χ2v) is 7.75. The van der Waals surface area contributed by atoms with Crippen LogP contribution in [-0.2, 0) is 7.05 Å². The van der Waals surface area contributed by atoms with E-state index in [-0.39, 0.29) is 0 Å². The van der Waals surface area contributed by atoms with Gasteiger partial charge in [0, 0.05) is 29.3 Å². The highest BCUT2D eigenvalue weighted by atomic mass is 15.1. The summed E-state index contributed by atoms with van der Waals surface area (Å²) in [4.78, 5) is 9.90. The summed E-state index contributed by atoms with van der Waals surface area (Å²) in [6.07, 6.45) is 2.16. The zero-order valence-corrected chi connectivity index (χ0v) is 17.2. The molecule has 0 spiro atoms. The molecule has 0 aliphatic carbocycles. The molecule has 0 fully saturated rings. The van der Waals surface area contributed by atoms with Gasteiger partial charge >= 0.3 is 0 Å². The van der Waals surface area contributed by atoms with E-state index < -0.39 is 0 Å². The lowest BCUT2D eigenvalue weighted by molar-refractivity contribution is 0.959. The maximum atomic E-state index is 4.98. The zero-order valence-electron chi connectivity index (χ0n) is 17.2. The monoisotopic (exact) mass is 377 g/mol. The molecule has 3 heteroatoms. The van der Waals surface area contributed by atoms with Crippen molar-refractivity contribution < 1.29 is 0 Å². The van der Waals surface area contributed by atoms with Gasteiger partial charge in [-0.25, -0.2) is 9.98 Å². The molecule has 0 unspecified atom stereocenters. The largest absolute Gasteiger partial charge is 0.327 e. The number of aromatic nitrogens is 2. The first-order valence-corrected chi connectivity index (χ1v) is 9.95. The number of hydrogen-bond donors (Lipinski definition) is 0. The summed E-state index contributed by atoms with van der Waals surface area (Å²) in [7, 11) is 2.09. The van der Waals surface area contributed by atoms with E-state index in [0.717, 1.165) is 39.4 Å². The van der Waals surface area contributed by atoms with Crippen LogP contribution in [0.1, 0.15) is 29.2 Å². The summed E-state index contributed by atoms with van der Waals surface area (Å²) in [6.45, 7) is 6.29. The molecule has 0 amide bonds. The van der Waals surface area contributed by atoms with Crippen molar-refractivity contribution in [2.45, 2.75) is 20.8 Å². The molecule has 142 valence electrons. The van der Waals surface area contributed by atoms with E-state index >= 15 is 0 Å². The summed E-state index contributed by atoms with van der Waals surface area (Å²) < 4.78 is 2.18. The van der Waals surface area contributed by atoms with Crippen LogP contribution >= 0.6 is 0 Å². The van der Waals surface area contributed by atoms with E-state index in [4.69, 9.17) is 9.98 Å². The van der Waals surface area contributed by atoms with Gasteiger partial charge in [-0.15, -0.1) is 0 Å². The Kier molecular flexibility index (Phi) is 3.99. The fourth-order valence-corrected chi connectivity index (χ4v) is 4.03. The van der Waals surface area contributed by atoms with Gasteiger partial charge in [0.2, 0.25) is 0 Å². The molecule has 0 saturated carbocycles. The molecule has 0 radical (unpaired) electrons. The highest BCUT2D eigenvalue weighted by molar-refractivity contribution is 6.36. The Morgan fingerprint density at radius 3 is 2.07 bits per heavy atom. The van der Waals surface area contributed by atoms with E-state index in [1.807, 2.05) is 0 Å². The van der Waals surface area contributed by atoms with Gasteiger partial charge in [0.05, 0.1) is 22.4 Å². The van der Waals surface area contributed by atoms with Crippen molar-refractivity contribution in [2.75, 3.05) is 0 Å². The molecule has 0 atom stereocenters. The second kappa shape index (κ2) is 6.56. The van der Waals surface area contributed by atoms with Crippen LogP contribution in [0.2, 0.25) is 0 Å². The standard InChI is InChI=1S/C26H23N3/c1-5-20-21-14-24-23(28-26(29(24)4)19-12-8-17(3)9-13-19)15-22(21)27-25(20)18-10-6-16(2)7-11-18/h5-15H,1-4H3/b20-5+. The number of nitrogens with zero attached hydrogens (tertiary/aromatic N) is 3. The molecule has 5 rings (SSSR count). The summed E-state index contributed by atoms with van der Waals surface area (Å²) in [5.41, 5.74) is 11.3. The van der Waals surface area contributed by atoms with Crippen LogP contribution in [0.4, 0.5) is 5.69 Å². The molecule has 0 N–H and O–H groups in total. The van der Waals surface area contributed by atoms with Gasteiger partial charge < -0.3 is 4.57 Å². The molecule has 0 bridgehead atoms. The number of aryl methyl sites for hydroxylation is 3. The molecule has 1 aromatic heterocycles. The third-order valence-electron chi connectivity index (χ3n) is 5.70. The van der Waals surface area contributed by atoms with Crippen molar-refractivity contribution in [3.63, 3.8) is 0 Å². The molecule has 3 aromatic carbocycles. The van der Waals surface area contributed by atoms with Crippen LogP contribution in [0.15, 0.2) is 71.7 Å². The Labute approximate surface area is 171 Å². The van der Waals surface area contributed by atoms with Crippen molar-refractivity contribution in [1.82, 2.24) is 9.55 Å². The summed E-state index contributed by atoms with van der Waals surface area (Å²) >= 11 is 0. The molecule has 29 heavy (non-hydrogen) atoms. The maximum absolute atomic E-state index is 4.98. The Morgan fingerprint density at radius 2 is 1.45 bits per heavy atom. The first-order chi connectivity index (χ1) is 14.0. The van der Waals surface area contributed by atoms with Gasteiger partial charge in [0.1, 0.15) is 5.82 Å². The Hall–Kier alpha value is -3.46. The lowest BCUT2D eigenvalue weighted by Crippen LogP contribution is -1.99. The minimum atomic E-state index is 0.978. The average molecular weight is 377 g/mol. The number of aliphatic imine (C=N–C) groups is 1. The smallest absolute Gasteiger partial charge is 0.140 e. The van der Waals surface area contributed by atoms with Crippen molar-refractivity contribution in [2.24, 2.45) is 12.0 Å². The summed E-state index contributed by atoms with van der Waals surface area (Å²) in [6, 6.07) is 21.5. The van der Waals surface area contributed by atoms with Crippen LogP contribution in [-0.4, -0.2) is 15.3 Å². The van der Waals surface area contributed by atoms with E-state index in [1.54, 1.807) is 0 Å². The number of hydrogen-bond acceptors (Lipinski definition) is 2. The van der Waals surface area contributed by atoms with Crippen molar-refractivity contribution >= 4 is 28.0 Å². The predicted octanol–water partition coefficient (Wildman–Crippen LogP) is 6.39. The second-order valence-electron chi connectivity index (χ2n) is 7.75. The fourth-order valence-electron chi connectivity index (χ4n) is 4.03.